The molecule has 0 bridgehead atoms. The van der Waals surface area contributed by atoms with Gasteiger partial charge in [-0.1, -0.05) is 57.1 Å². The third kappa shape index (κ3) is 5.68. The predicted molar refractivity (Wildman–Crippen MR) is 118 cm³/mol. The Morgan fingerprint density at radius 3 is 2.30 bits per heavy atom. The lowest BCUT2D eigenvalue weighted by Crippen LogP contribution is -2.24. The van der Waals surface area contributed by atoms with Crippen molar-refractivity contribution in [1.82, 2.24) is 0 Å². The van der Waals surface area contributed by atoms with Gasteiger partial charge in [0, 0.05) is 0 Å². The SMILES string of the molecule is CCCCCC1CCC(C2CCC(=C(C)c3ccc(Br)c(F)c3)CC2)CC1. The summed E-state index contributed by atoms with van der Waals surface area (Å²) in [5.74, 6) is 2.76. The van der Waals surface area contributed by atoms with Crippen LogP contribution < -0.4 is 0 Å². The number of hydrogen-bond donors (Lipinski definition) is 0. The van der Waals surface area contributed by atoms with Gasteiger partial charge in [0.15, 0.2) is 0 Å². The van der Waals surface area contributed by atoms with Gasteiger partial charge < -0.3 is 0 Å². The molecule has 0 saturated heterocycles. The minimum Gasteiger partial charge on any atom is -0.206 e. The molecule has 2 aliphatic carbocycles. The molecule has 0 aliphatic heterocycles. The van der Waals surface area contributed by atoms with E-state index >= 15 is 0 Å². The average molecular weight is 435 g/mol. The Labute approximate surface area is 174 Å². The second-order valence-electron chi connectivity index (χ2n) is 8.97. The fraction of sp³-hybridized carbons (Fsp3) is 0.680. The zero-order valence-electron chi connectivity index (χ0n) is 17.2. The van der Waals surface area contributed by atoms with E-state index in [0.717, 1.165) is 23.3 Å². The first kappa shape index (κ1) is 21.1. The molecule has 150 valence electrons. The standard InChI is InChI=1S/C25H36BrF/c1-3-4-5-6-19-7-9-21(10-8-19)22-13-11-20(12-14-22)18(2)23-15-16-24(26)25(27)17-23/h15-17,19,21-22H,3-14H2,1-2H3. The Hall–Kier alpha value is -0.630. The van der Waals surface area contributed by atoms with Crippen molar-refractivity contribution in [3.63, 3.8) is 0 Å². The van der Waals surface area contributed by atoms with E-state index in [1.54, 1.807) is 11.6 Å². The van der Waals surface area contributed by atoms with Gasteiger partial charge in [-0.2, -0.15) is 0 Å². The van der Waals surface area contributed by atoms with Gasteiger partial charge in [0.2, 0.25) is 0 Å². The van der Waals surface area contributed by atoms with Crippen molar-refractivity contribution in [3.8, 4) is 0 Å². The molecule has 2 fully saturated rings. The van der Waals surface area contributed by atoms with Crippen molar-refractivity contribution in [2.45, 2.75) is 90.9 Å². The quantitative estimate of drug-likeness (QED) is 0.391. The molecule has 0 amide bonds. The Kier molecular flexibility index (Phi) is 7.99. The smallest absolute Gasteiger partial charge is 0.137 e. The molecule has 27 heavy (non-hydrogen) atoms. The monoisotopic (exact) mass is 434 g/mol. The lowest BCUT2D eigenvalue weighted by Gasteiger charge is -2.37. The van der Waals surface area contributed by atoms with Crippen LogP contribution >= 0.6 is 15.9 Å². The van der Waals surface area contributed by atoms with Crippen LogP contribution in [0.15, 0.2) is 28.2 Å². The van der Waals surface area contributed by atoms with E-state index in [1.165, 1.54) is 82.6 Å². The van der Waals surface area contributed by atoms with Crippen molar-refractivity contribution in [1.29, 1.82) is 0 Å². The van der Waals surface area contributed by atoms with Gasteiger partial charge in [0.1, 0.15) is 5.82 Å². The van der Waals surface area contributed by atoms with Gasteiger partial charge >= 0.3 is 0 Å². The highest BCUT2D eigenvalue weighted by molar-refractivity contribution is 9.10. The van der Waals surface area contributed by atoms with Crippen LogP contribution in [0.2, 0.25) is 0 Å². The average Bonchev–Trinajstić information content (AvgIpc) is 2.70. The minimum atomic E-state index is -0.156. The number of halogens is 2. The third-order valence-corrected chi connectivity index (χ3v) is 7.93. The molecule has 0 radical (unpaired) electrons. The summed E-state index contributed by atoms with van der Waals surface area (Å²) in [6.45, 7) is 4.48. The Morgan fingerprint density at radius 1 is 1.00 bits per heavy atom. The first-order chi connectivity index (χ1) is 13.1. The van der Waals surface area contributed by atoms with Crippen molar-refractivity contribution in [3.05, 3.63) is 39.6 Å². The van der Waals surface area contributed by atoms with E-state index in [9.17, 15) is 4.39 Å². The van der Waals surface area contributed by atoms with Crippen LogP contribution in [0.1, 0.15) is 96.5 Å². The van der Waals surface area contributed by atoms with E-state index in [2.05, 4.69) is 29.8 Å². The molecular weight excluding hydrogens is 399 g/mol. The summed E-state index contributed by atoms with van der Waals surface area (Å²) < 4.78 is 14.4. The molecule has 0 nitrogen and oxygen atoms in total. The van der Waals surface area contributed by atoms with Crippen molar-refractivity contribution < 1.29 is 4.39 Å². The zero-order chi connectivity index (χ0) is 19.2. The topological polar surface area (TPSA) is 0 Å². The van der Waals surface area contributed by atoms with E-state index in [0.29, 0.717) is 4.47 Å². The van der Waals surface area contributed by atoms with Crippen molar-refractivity contribution in [2.75, 3.05) is 0 Å². The fourth-order valence-corrected chi connectivity index (χ4v) is 5.65. The summed E-state index contributed by atoms with van der Waals surface area (Å²) in [4.78, 5) is 0. The zero-order valence-corrected chi connectivity index (χ0v) is 18.8. The van der Waals surface area contributed by atoms with E-state index in [4.69, 9.17) is 0 Å². The lowest BCUT2D eigenvalue weighted by molar-refractivity contribution is 0.173. The molecule has 2 aliphatic rings. The summed E-state index contributed by atoms with van der Waals surface area (Å²) in [6.07, 6.45) is 16.7. The van der Waals surface area contributed by atoms with Crippen LogP contribution in [0.5, 0.6) is 0 Å². The van der Waals surface area contributed by atoms with E-state index in [1.807, 2.05) is 12.1 Å². The molecule has 0 N–H and O–H groups in total. The number of allylic oxidation sites excluding steroid dienone is 2. The summed E-state index contributed by atoms with van der Waals surface area (Å²) in [5.41, 5.74) is 3.91. The Balaban J connectivity index is 1.49. The van der Waals surface area contributed by atoms with Crippen LogP contribution in [0.4, 0.5) is 4.39 Å². The van der Waals surface area contributed by atoms with Gasteiger partial charge in [-0.3, -0.25) is 0 Å². The lowest BCUT2D eigenvalue weighted by atomic mass is 9.69. The van der Waals surface area contributed by atoms with Crippen LogP contribution in [0.3, 0.4) is 0 Å². The molecule has 3 rings (SSSR count). The first-order valence-electron chi connectivity index (χ1n) is 11.2. The number of unbranched alkanes of at least 4 members (excludes halogenated alkanes) is 2. The Bertz CT molecular complexity index is 630. The summed E-state index contributed by atoms with van der Waals surface area (Å²) in [7, 11) is 0. The fourth-order valence-electron chi connectivity index (χ4n) is 5.40. The van der Waals surface area contributed by atoms with E-state index < -0.39 is 0 Å². The van der Waals surface area contributed by atoms with Gasteiger partial charge in [-0.25, -0.2) is 4.39 Å². The number of hydrogen-bond acceptors (Lipinski definition) is 0. The molecule has 2 saturated carbocycles. The second-order valence-corrected chi connectivity index (χ2v) is 9.83. The highest BCUT2D eigenvalue weighted by Crippen LogP contribution is 2.43. The maximum Gasteiger partial charge on any atom is 0.137 e. The maximum absolute atomic E-state index is 13.9. The highest BCUT2D eigenvalue weighted by Gasteiger charge is 2.29. The molecule has 0 spiro atoms. The number of rotatable bonds is 6. The van der Waals surface area contributed by atoms with Gasteiger partial charge in [-0.05, 0) is 102 Å². The van der Waals surface area contributed by atoms with Crippen LogP contribution in [-0.2, 0) is 0 Å². The number of benzene rings is 1. The normalized spacial score (nSPS) is 26.2. The molecule has 0 atom stereocenters. The van der Waals surface area contributed by atoms with Gasteiger partial charge in [0.25, 0.3) is 0 Å². The largest absolute Gasteiger partial charge is 0.206 e. The molecular formula is C25H36BrF. The van der Waals surface area contributed by atoms with Crippen LogP contribution in [0.25, 0.3) is 5.57 Å². The summed E-state index contributed by atoms with van der Waals surface area (Å²) in [5, 5.41) is 0. The van der Waals surface area contributed by atoms with E-state index in [-0.39, 0.29) is 5.82 Å². The van der Waals surface area contributed by atoms with Gasteiger partial charge in [0.05, 0.1) is 4.47 Å². The molecule has 1 aromatic carbocycles. The van der Waals surface area contributed by atoms with Crippen molar-refractivity contribution >= 4 is 21.5 Å². The van der Waals surface area contributed by atoms with Crippen molar-refractivity contribution in [2.24, 2.45) is 17.8 Å². The summed E-state index contributed by atoms with van der Waals surface area (Å²) >= 11 is 3.26. The molecule has 1 aromatic rings. The van der Waals surface area contributed by atoms with Gasteiger partial charge in [-0.15, -0.1) is 0 Å². The molecule has 0 unspecified atom stereocenters. The Morgan fingerprint density at radius 2 is 1.67 bits per heavy atom. The third-order valence-electron chi connectivity index (χ3n) is 7.29. The van der Waals surface area contributed by atoms with Crippen LogP contribution in [0, 0.1) is 23.6 Å². The second kappa shape index (κ2) is 10.2. The predicted octanol–water partition coefficient (Wildman–Crippen LogP) is 8.94. The first-order valence-corrected chi connectivity index (χ1v) is 12.0. The summed E-state index contributed by atoms with van der Waals surface area (Å²) in [6, 6.07) is 5.55. The minimum absolute atomic E-state index is 0.156. The van der Waals surface area contributed by atoms with Crippen LogP contribution in [-0.4, -0.2) is 0 Å². The maximum atomic E-state index is 13.9. The highest BCUT2D eigenvalue weighted by atomic mass is 79.9. The molecule has 0 aromatic heterocycles. The molecule has 2 heteroatoms. The molecule has 0 heterocycles.